The van der Waals surface area contributed by atoms with E-state index < -0.39 is 0 Å². The number of phenols is 1. The summed E-state index contributed by atoms with van der Waals surface area (Å²) in [7, 11) is 0. The lowest BCUT2D eigenvalue weighted by atomic mass is 9.58. The van der Waals surface area contributed by atoms with Gasteiger partial charge >= 0.3 is 0 Å². The first kappa shape index (κ1) is 14.7. The Morgan fingerprint density at radius 2 is 2.05 bits per heavy atom. The van der Waals surface area contributed by atoms with Gasteiger partial charge in [0.1, 0.15) is 5.75 Å². The summed E-state index contributed by atoms with van der Waals surface area (Å²) < 4.78 is 0. The normalized spacial score (nSPS) is 26.8. The molecular weight excluding hydrogens is 256 g/mol. The van der Waals surface area contributed by atoms with Crippen LogP contribution in [-0.2, 0) is 12.8 Å². The molecule has 2 unspecified atom stereocenters. The van der Waals surface area contributed by atoms with Gasteiger partial charge in [0.15, 0.2) is 0 Å². The van der Waals surface area contributed by atoms with Gasteiger partial charge < -0.3 is 5.11 Å². The lowest BCUT2D eigenvalue weighted by Gasteiger charge is -2.47. The Hall–Kier alpha value is -1.24. The minimum atomic E-state index is 0.326. The Balaban J connectivity index is 2.13. The molecule has 1 N–H and O–H groups in total. The molecule has 3 rings (SSSR count). The van der Waals surface area contributed by atoms with Crippen LogP contribution in [0.25, 0.3) is 0 Å². The highest BCUT2D eigenvalue weighted by molar-refractivity contribution is 5.50. The maximum Gasteiger partial charge on any atom is 0.119 e. The van der Waals surface area contributed by atoms with Gasteiger partial charge in [-0.05, 0) is 61.1 Å². The third-order valence-electron chi connectivity index (χ3n) is 5.57. The Morgan fingerprint density at radius 1 is 1.29 bits per heavy atom. The smallest absolute Gasteiger partial charge is 0.119 e. The molecule has 2 aliphatic carbocycles. The number of hydrogen-bond acceptors (Lipinski definition) is 1. The summed E-state index contributed by atoms with van der Waals surface area (Å²) in [5.74, 6) is 1.61. The van der Waals surface area contributed by atoms with Gasteiger partial charge in [-0.2, -0.15) is 0 Å². The van der Waals surface area contributed by atoms with Gasteiger partial charge in [0.25, 0.3) is 0 Å². The molecule has 0 heterocycles. The number of aryl methyl sites for hydroxylation is 1. The van der Waals surface area contributed by atoms with E-state index in [0.717, 1.165) is 19.3 Å². The predicted molar refractivity (Wildman–Crippen MR) is 88.8 cm³/mol. The number of aromatic hydroxyl groups is 1. The minimum Gasteiger partial charge on any atom is -0.508 e. The van der Waals surface area contributed by atoms with Gasteiger partial charge in [-0.1, -0.05) is 44.9 Å². The summed E-state index contributed by atoms with van der Waals surface area (Å²) in [5.41, 5.74) is 5.71. The van der Waals surface area contributed by atoms with E-state index in [4.69, 9.17) is 0 Å². The van der Waals surface area contributed by atoms with E-state index >= 15 is 0 Å². The van der Waals surface area contributed by atoms with Gasteiger partial charge in [0.05, 0.1) is 0 Å². The number of benzene rings is 1. The van der Waals surface area contributed by atoms with Crippen LogP contribution < -0.4 is 0 Å². The second kappa shape index (κ2) is 5.19. The van der Waals surface area contributed by atoms with Crippen LogP contribution in [0.15, 0.2) is 23.8 Å². The molecule has 1 aromatic rings. The van der Waals surface area contributed by atoms with Crippen LogP contribution in [0.3, 0.4) is 0 Å². The third kappa shape index (κ3) is 2.52. The highest BCUT2D eigenvalue weighted by Gasteiger charge is 2.43. The minimum absolute atomic E-state index is 0.326. The van der Waals surface area contributed by atoms with Gasteiger partial charge in [0, 0.05) is 11.5 Å². The molecule has 0 saturated carbocycles. The van der Waals surface area contributed by atoms with E-state index in [0.29, 0.717) is 23.0 Å². The summed E-state index contributed by atoms with van der Waals surface area (Å²) in [6.45, 7) is 9.25. The van der Waals surface area contributed by atoms with E-state index in [2.05, 4.69) is 39.8 Å². The van der Waals surface area contributed by atoms with Crippen LogP contribution in [-0.4, -0.2) is 5.11 Å². The van der Waals surface area contributed by atoms with Crippen molar-refractivity contribution in [3.63, 3.8) is 0 Å². The summed E-state index contributed by atoms with van der Waals surface area (Å²) in [4.78, 5) is 0. The maximum atomic E-state index is 10.6. The summed E-state index contributed by atoms with van der Waals surface area (Å²) in [6.07, 6.45) is 8.19. The molecule has 1 nitrogen and oxygen atoms in total. The molecule has 0 aliphatic heterocycles. The molecule has 0 bridgehead atoms. The molecule has 2 atom stereocenters. The monoisotopic (exact) mass is 284 g/mol. The highest BCUT2D eigenvalue weighted by atomic mass is 16.3. The fourth-order valence-corrected chi connectivity index (χ4v) is 4.58. The van der Waals surface area contributed by atoms with Gasteiger partial charge in [-0.15, -0.1) is 0 Å². The Bertz CT molecular complexity index is 580. The second-order valence-electron chi connectivity index (χ2n) is 7.79. The summed E-state index contributed by atoms with van der Waals surface area (Å²) >= 11 is 0. The van der Waals surface area contributed by atoms with Crippen molar-refractivity contribution in [3.8, 4) is 5.75 Å². The molecule has 1 aromatic carbocycles. The van der Waals surface area contributed by atoms with Crippen LogP contribution in [0.5, 0.6) is 5.75 Å². The van der Waals surface area contributed by atoms with Crippen LogP contribution >= 0.6 is 0 Å². The van der Waals surface area contributed by atoms with Crippen molar-refractivity contribution in [2.45, 2.75) is 65.7 Å². The number of phenolic OH excluding ortho intramolecular Hbond substituents is 1. The van der Waals surface area contributed by atoms with Crippen molar-refractivity contribution in [1.29, 1.82) is 0 Å². The fraction of sp³-hybridized carbons (Fsp3) is 0.600. The van der Waals surface area contributed by atoms with Crippen molar-refractivity contribution < 1.29 is 5.11 Å². The number of hydrogen-bond donors (Lipinski definition) is 1. The molecule has 21 heavy (non-hydrogen) atoms. The lowest BCUT2D eigenvalue weighted by molar-refractivity contribution is 0.155. The largest absolute Gasteiger partial charge is 0.508 e. The fourth-order valence-electron chi connectivity index (χ4n) is 4.58. The third-order valence-corrected chi connectivity index (χ3v) is 5.57. The Kier molecular flexibility index (Phi) is 3.63. The molecule has 0 spiro atoms. The molecule has 0 radical (unpaired) electrons. The zero-order chi connectivity index (χ0) is 15.2. The van der Waals surface area contributed by atoms with Crippen LogP contribution in [0.4, 0.5) is 0 Å². The molecule has 0 amide bonds. The standard InChI is InChI=1S/C20H28O/c1-5-6-14-10-15-12-20(3,4)17-8-7-13(2)9-16(17)19(15)18(21)11-14/h9-11,16-17,21H,5-8,12H2,1-4H3. The van der Waals surface area contributed by atoms with Crippen LogP contribution in [0.2, 0.25) is 0 Å². The van der Waals surface area contributed by atoms with E-state index in [1.807, 2.05) is 6.07 Å². The average molecular weight is 284 g/mol. The molecule has 1 heteroatoms. The zero-order valence-electron chi connectivity index (χ0n) is 13.9. The molecule has 2 aliphatic rings. The van der Waals surface area contributed by atoms with E-state index in [1.165, 1.54) is 35.1 Å². The quantitative estimate of drug-likeness (QED) is 0.724. The number of allylic oxidation sites excluding steroid dienone is 2. The molecule has 0 saturated heterocycles. The first-order valence-corrected chi connectivity index (χ1v) is 8.44. The average Bonchev–Trinajstić information content (AvgIpc) is 2.37. The predicted octanol–water partition coefficient (Wildman–Crippen LogP) is 5.37. The van der Waals surface area contributed by atoms with Gasteiger partial charge in [-0.25, -0.2) is 0 Å². The van der Waals surface area contributed by atoms with Crippen molar-refractivity contribution >= 4 is 0 Å². The van der Waals surface area contributed by atoms with Crippen LogP contribution in [0, 0.1) is 11.3 Å². The Labute approximate surface area is 129 Å². The summed E-state index contributed by atoms with van der Waals surface area (Å²) in [5, 5.41) is 10.6. The number of fused-ring (bicyclic) bond motifs is 3. The van der Waals surface area contributed by atoms with Crippen molar-refractivity contribution in [2.24, 2.45) is 11.3 Å². The first-order valence-electron chi connectivity index (χ1n) is 8.44. The van der Waals surface area contributed by atoms with E-state index in [9.17, 15) is 5.11 Å². The maximum absolute atomic E-state index is 10.6. The number of rotatable bonds is 2. The van der Waals surface area contributed by atoms with Crippen LogP contribution in [0.1, 0.15) is 69.6 Å². The molecule has 0 fully saturated rings. The molecular formula is C20H28O. The molecule has 114 valence electrons. The van der Waals surface area contributed by atoms with Crippen molar-refractivity contribution in [2.75, 3.05) is 0 Å². The first-order chi connectivity index (χ1) is 9.92. The Morgan fingerprint density at radius 3 is 2.76 bits per heavy atom. The van der Waals surface area contributed by atoms with Gasteiger partial charge in [-0.3, -0.25) is 0 Å². The van der Waals surface area contributed by atoms with Crippen molar-refractivity contribution in [3.05, 3.63) is 40.5 Å². The summed E-state index contributed by atoms with van der Waals surface area (Å²) in [6, 6.07) is 4.36. The highest BCUT2D eigenvalue weighted by Crippen LogP contribution is 2.54. The van der Waals surface area contributed by atoms with Crippen molar-refractivity contribution in [1.82, 2.24) is 0 Å². The van der Waals surface area contributed by atoms with E-state index in [-0.39, 0.29) is 0 Å². The van der Waals surface area contributed by atoms with Gasteiger partial charge in [0.2, 0.25) is 0 Å². The topological polar surface area (TPSA) is 20.2 Å². The van der Waals surface area contributed by atoms with E-state index in [1.54, 1.807) is 0 Å². The lowest BCUT2D eigenvalue weighted by Crippen LogP contribution is -2.37. The molecule has 0 aromatic heterocycles. The SMILES string of the molecule is CCCc1cc(O)c2c(c1)CC(C)(C)C1CCC(C)=CC21. The zero-order valence-corrected chi connectivity index (χ0v) is 13.9. The second-order valence-corrected chi connectivity index (χ2v) is 7.79.